The van der Waals surface area contributed by atoms with Gasteiger partial charge in [0.2, 0.25) is 0 Å². The van der Waals surface area contributed by atoms with Crippen molar-refractivity contribution in [2.75, 3.05) is 7.05 Å². The normalized spacial score (nSPS) is 10.3. The molecule has 5 heteroatoms. The zero-order valence-electron chi connectivity index (χ0n) is 10.3. The minimum Gasteiger partial charge on any atom is -0.337 e. The fourth-order valence-electron chi connectivity index (χ4n) is 1.70. The van der Waals surface area contributed by atoms with Crippen LogP contribution in [0.4, 0.5) is 8.78 Å². The molecule has 0 atom stereocenters. The Morgan fingerprint density at radius 3 is 2.58 bits per heavy atom. The number of halogens is 2. The fraction of sp³-hybridized carbons (Fsp3) is 0.143. The third-order valence-corrected chi connectivity index (χ3v) is 2.67. The summed E-state index contributed by atoms with van der Waals surface area (Å²) in [5, 5.41) is 0. The second kappa shape index (κ2) is 5.56. The van der Waals surface area contributed by atoms with E-state index in [-0.39, 0.29) is 5.56 Å². The third kappa shape index (κ3) is 3.13. The number of amides is 1. The topological polar surface area (TPSA) is 33.2 Å². The number of nitrogens with zero attached hydrogens (tertiary/aromatic N) is 2. The first-order chi connectivity index (χ1) is 9.08. The summed E-state index contributed by atoms with van der Waals surface area (Å²) in [4.78, 5) is 17.2. The Morgan fingerprint density at radius 2 is 1.89 bits per heavy atom. The van der Waals surface area contributed by atoms with Gasteiger partial charge in [-0.3, -0.25) is 9.78 Å². The van der Waals surface area contributed by atoms with Crippen LogP contribution in [0, 0.1) is 11.6 Å². The highest BCUT2D eigenvalue weighted by Crippen LogP contribution is 2.13. The van der Waals surface area contributed by atoms with E-state index in [2.05, 4.69) is 4.98 Å². The van der Waals surface area contributed by atoms with E-state index >= 15 is 0 Å². The molecule has 0 aliphatic rings. The Bertz CT molecular complexity index is 587. The van der Waals surface area contributed by atoms with Gasteiger partial charge < -0.3 is 4.90 Å². The van der Waals surface area contributed by atoms with Crippen LogP contribution in [0.15, 0.2) is 42.7 Å². The zero-order chi connectivity index (χ0) is 13.8. The highest BCUT2D eigenvalue weighted by Gasteiger charge is 2.17. The number of rotatable bonds is 3. The summed E-state index contributed by atoms with van der Waals surface area (Å²) >= 11 is 0. The van der Waals surface area contributed by atoms with Crippen LogP contribution in [-0.2, 0) is 6.54 Å². The average molecular weight is 262 g/mol. The lowest BCUT2D eigenvalue weighted by Gasteiger charge is -2.17. The van der Waals surface area contributed by atoms with Gasteiger partial charge in [-0.05, 0) is 35.9 Å². The van der Waals surface area contributed by atoms with Crippen molar-refractivity contribution in [2.24, 2.45) is 0 Å². The summed E-state index contributed by atoms with van der Waals surface area (Å²) in [7, 11) is 1.53. The first kappa shape index (κ1) is 13.1. The number of benzene rings is 1. The maximum atomic E-state index is 13.5. The molecule has 0 bridgehead atoms. The molecule has 0 saturated heterocycles. The van der Waals surface area contributed by atoms with Crippen LogP contribution in [0.2, 0.25) is 0 Å². The number of hydrogen-bond acceptors (Lipinski definition) is 2. The van der Waals surface area contributed by atoms with Gasteiger partial charge in [-0.2, -0.15) is 0 Å². The van der Waals surface area contributed by atoms with Crippen molar-refractivity contribution in [3.63, 3.8) is 0 Å². The molecule has 0 saturated carbocycles. The van der Waals surface area contributed by atoms with E-state index in [1.807, 2.05) is 0 Å². The van der Waals surface area contributed by atoms with Crippen LogP contribution < -0.4 is 0 Å². The van der Waals surface area contributed by atoms with E-state index in [0.717, 1.165) is 23.8 Å². The summed E-state index contributed by atoms with van der Waals surface area (Å²) in [5.41, 5.74) is 0.596. The number of aromatic nitrogens is 1. The van der Waals surface area contributed by atoms with Gasteiger partial charge in [0.25, 0.3) is 5.91 Å². The zero-order valence-corrected chi connectivity index (χ0v) is 10.3. The summed E-state index contributed by atoms with van der Waals surface area (Å²) in [6, 6.07) is 6.34. The Balaban J connectivity index is 2.17. The van der Waals surface area contributed by atoms with Crippen molar-refractivity contribution in [1.29, 1.82) is 0 Å². The molecule has 3 nitrogen and oxygen atoms in total. The van der Waals surface area contributed by atoms with Crippen molar-refractivity contribution >= 4 is 5.91 Å². The molecule has 1 aromatic carbocycles. The van der Waals surface area contributed by atoms with Gasteiger partial charge in [0, 0.05) is 26.0 Å². The van der Waals surface area contributed by atoms with Gasteiger partial charge in [-0.1, -0.05) is 0 Å². The quantitative estimate of drug-likeness (QED) is 0.852. The van der Waals surface area contributed by atoms with Gasteiger partial charge in [-0.15, -0.1) is 0 Å². The van der Waals surface area contributed by atoms with Gasteiger partial charge in [0.1, 0.15) is 11.6 Å². The summed E-state index contributed by atoms with van der Waals surface area (Å²) < 4.78 is 26.5. The molecule has 0 N–H and O–H groups in total. The van der Waals surface area contributed by atoms with E-state index in [0.29, 0.717) is 6.54 Å². The maximum Gasteiger partial charge on any atom is 0.256 e. The van der Waals surface area contributed by atoms with Crippen molar-refractivity contribution in [3.8, 4) is 0 Å². The van der Waals surface area contributed by atoms with E-state index in [4.69, 9.17) is 0 Å². The van der Waals surface area contributed by atoms with Crippen molar-refractivity contribution < 1.29 is 13.6 Å². The molecule has 1 aromatic heterocycles. The molecule has 1 amide bonds. The van der Waals surface area contributed by atoms with Crippen molar-refractivity contribution in [2.45, 2.75) is 6.54 Å². The molecule has 0 radical (unpaired) electrons. The van der Waals surface area contributed by atoms with E-state index < -0.39 is 17.5 Å². The molecule has 1 heterocycles. The Labute approximate surface area is 109 Å². The fourth-order valence-corrected chi connectivity index (χ4v) is 1.70. The first-order valence-corrected chi connectivity index (χ1v) is 5.67. The van der Waals surface area contributed by atoms with E-state index in [1.54, 1.807) is 24.5 Å². The standard InChI is InChI=1S/C14H12F2N2O/c1-18(9-10-4-6-17-7-5-10)14(19)12-8-11(15)2-3-13(12)16/h2-8H,9H2,1H3. The predicted molar refractivity (Wildman–Crippen MR) is 66.4 cm³/mol. The van der Waals surface area contributed by atoms with Gasteiger partial charge in [0.15, 0.2) is 0 Å². The van der Waals surface area contributed by atoms with Crippen LogP contribution in [0.25, 0.3) is 0 Å². The molecule has 2 aromatic rings. The predicted octanol–water partition coefficient (Wildman–Crippen LogP) is 2.63. The minimum absolute atomic E-state index is 0.267. The molecule has 98 valence electrons. The lowest BCUT2D eigenvalue weighted by molar-refractivity contribution is 0.0780. The molecule has 19 heavy (non-hydrogen) atoms. The Hall–Kier alpha value is -2.30. The van der Waals surface area contributed by atoms with Crippen LogP contribution in [0.5, 0.6) is 0 Å². The average Bonchev–Trinajstić information content (AvgIpc) is 2.42. The summed E-state index contributed by atoms with van der Waals surface area (Å²) in [5.74, 6) is -1.93. The molecular formula is C14H12F2N2O. The lowest BCUT2D eigenvalue weighted by Crippen LogP contribution is -2.27. The highest BCUT2D eigenvalue weighted by atomic mass is 19.1. The Kier molecular flexibility index (Phi) is 3.85. The SMILES string of the molecule is CN(Cc1ccncc1)C(=O)c1cc(F)ccc1F. The van der Waals surface area contributed by atoms with E-state index in [1.165, 1.54) is 11.9 Å². The van der Waals surface area contributed by atoms with Gasteiger partial charge in [0.05, 0.1) is 5.56 Å². The molecule has 0 aliphatic heterocycles. The second-order valence-electron chi connectivity index (χ2n) is 4.14. The minimum atomic E-state index is -0.729. The van der Waals surface area contributed by atoms with Crippen LogP contribution in [0.1, 0.15) is 15.9 Å². The largest absolute Gasteiger partial charge is 0.337 e. The number of carbonyl (C=O) groups excluding carboxylic acids is 1. The Morgan fingerprint density at radius 1 is 1.21 bits per heavy atom. The third-order valence-electron chi connectivity index (χ3n) is 2.67. The molecule has 0 unspecified atom stereocenters. The number of carbonyl (C=O) groups is 1. The van der Waals surface area contributed by atoms with Gasteiger partial charge in [-0.25, -0.2) is 8.78 Å². The summed E-state index contributed by atoms with van der Waals surface area (Å²) in [6.45, 7) is 0.303. The van der Waals surface area contributed by atoms with Crippen molar-refractivity contribution in [1.82, 2.24) is 9.88 Å². The molecule has 0 aliphatic carbocycles. The molecule has 0 spiro atoms. The first-order valence-electron chi connectivity index (χ1n) is 5.67. The monoisotopic (exact) mass is 262 g/mol. The molecule has 2 rings (SSSR count). The number of pyridine rings is 1. The molecule has 0 fully saturated rings. The maximum absolute atomic E-state index is 13.5. The smallest absolute Gasteiger partial charge is 0.256 e. The highest BCUT2D eigenvalue weighted by molar-refractivity contribution is 5.94. The molecular weight excluding hydrogens is 250 g/mol. The second-order valence-corrected chi connectivity index (χ2v) is 4.14. The lowest BCUT2D eigenvalue weighted by atomic mass is 10.1. The van der Waals surface area contributed by atoms with Crippen LogP contribution in [-0.4, -0.2) is 22.8 Å². The van der Waals surface area contributed by atoms with Crippen molar-refractivity contribution in [3.05, 3.63) is 65.5 Å². The van der Waals surface area contributed by atoms with Gasteiger partial charge >= 0.3 is 0 Å². The van der Waals surface area contributed by atoms with E-state index in [9.17, 15) is 13.6 Å². The summed E-state index contributed by atoms with van der Waals surface area (Å²) in [6.07, 6.45) is 3.22. The number of hydrogen-bond donors (Lipinski definition) is 0. The van der Waals surface area contributed by atoms with Crippen LogP contribution in [0.3, 0.4) is 0 Å². The van der Waals surface area contributed by atoms with Crippen LogP contribution >= 0.6 is 0 Å².